The average Bonchev–Trinajstić information content (AvgIpc) is 2.96. The van der Waals surface area contributed by atoms with E-state index in [4.69, 9.17) is 4.74 Å². The minimum absolute atomic E-state index is 0.0611. The minimum atomic E-state index is -0.858. The van der Waals surface area contributed by atoms with E-state index in [0.29, 0.717) is 5.75 Å². The maximum Gasteiger partial charge on any atom is 0.321 e. The molecule has 2 fully saturated rings. The number of aliphatic hydroxyl groups is 1. The summed E-state index contributed by atoms with van der Waals surface area (Å²) in [5, 5.41) is 17.9. The maximum atomic E-state index is 11.8. The highest BCUT2D eigenvalue weighted by atomic mass is 16.5. The third-order valence-electron chi connectivity index (χ3n) is 3.63. The van der Waals surface area contributed by atoms with Crippen molar-refractivity contribution < 1.29 is 19.4 Å². The number of amides is 4. The molecule has 3 rings (SSSR count). The van der Waals surface area contributed by atoms with Crippen molar-refractivity contribution >= 4 is 12.1 Å². The van der Waals surface area contributed by atoms with Gasteiger partial charge in [0, 0.05) is 0 Å². The second-order valence-corrected chi connectivity index (χ2v) is 5.42. The number of benzene rings is 1. The van der Waals surface area contributed by atoms with Gasteiger partial charge < -0.3 is 25.8 Å². The van der Waals surface area contributed by atoms with Gasteiger partial charge in [-0.3, -0.25) is 4.90 Å². The predicted molar refractivity (Wildman–Crippen MR) is 77.2 cm³/mol. The highest BCUT2D eigenvalue weighted by Gasteiger charge is 2.45. The van der Waals surface area contributed by atoms with E-state index in [1.165, 1.54) is 4.90 Å². The van der Waals surface area contributed by atoms with Crippen molar-refractivity contribution in [2.75, 3.05) is 13.2 Å². The Bertz CT molecular complexity index is 577. The summed E-state index contributed by atoms with van der Waals surface area (Å²) in [6, 6.07) is 6.80. The van der Waals surface area contributed by atoms with Gasteiger partial charge in [0.2, 0.25) is 0 Å². The topological polar surface area (TPSA) is 103 Å². The summed E-state index contributed by atoms with van der Waals surface area (Å²) in [4.78, 5) is 24.4. The van der Waals surface area contributed by atoms with E-state index in [2.05, 4.69) is 16.0 Å². The van der Waals surface area contributed by atoms with Gasteiger partial charge in [-0.25, -0.2) is 9.59 Å². The lowest BCUT2D eigenvalue weighted by Crippen LogP contribution is -2.47. The van der Waals surface area contributed by atoms with Crippen LogP contribution in [-0.4, -0.2) is 53.7 Å². The first-order chi connectivity index (χ1) is 10.5. The smallest absolute Gasteiger partial charge is 0.321 e. The van der Waals surface area contributed by atoms with Crippen LogP contribution in [0.15, 0.2) is 24.3 Å². The van der Waals surface area contributed by atoms with Gasteiger partial charge >= 0.3 is 12.1 Å². The number of β-amino-alcohol motifs (C(OH)–C–C–N with tert-alkyl or cyclic N) is 1. The van der Waals surface area contributed by atoms with Crippen molar-refractivity contribution in [1.29, 1.82) is 0 Å². The second kappa shape index (κ2) is 5.72. The number of hydrogen-bond acceptors (Lipinski definition) is 4. The molecule has 1 aromatic carbocycles. The van der Waals surface area contributed by atoms with E-state index in [0.717, 1.165) is 5.56 Å². The zero-order chi connectivity index (χ0) is 15.7. The number of nitrogens with one attached hydrogen (secondary N) is 3. The molecule has 0 spiro atoms. The Morgan fingerprint density at radius 1 is 1.23 bits per heavy atom. The number of ether oxygens (including phenoxy) is 1. The maximum absolute atomic E-state index is 11.8. The number of hydrogen-bond donors (Lipinski definition) is 4. The fraction of sp³-hybridized carbons (Fsp3) is 0.429. The minimum Gasteiger partial charge on any atom is -0.491 e. The number of rotatable bonds is 5. The molecule has 4 amide bonds. The molecule has 0 unspecified atom stereocenters. The highest BCUT2D eigenvalue weighted by Crippen LogP contribution is 2.15. The van der Waals surface area contributed by atoms with Crippen molar-refractivity contribution in [3.8, 4) is 5.75 Å². The third-order valence-corrected chi connectivity index (χ3v) is 3.63. The van der Waals surface area contributed by atoms with Gasteiger partial charge in [0.15, 0.2) is 0 Å². The van der Waals surface area contributed by atoms with Crippen LogP contribution in [0.5, 0.6) is 5.75 Å². The molecule has 1 aromatic rings. The molecule has 118 valence electrons. The van der Waals surface area contributed by atoms with Crippen LogP contribution in [0, 0.1) is 6.92 Å². The van der Waals surface area contributed by atoms with Crippen molar-refractivity contribution in [3.05, 3.63) is 29.8 Å². The molecule has 2 heterocycles. The van der Waals surface area contributed by atoms with E-state index in [-0.39, 0.29) is 25.2 Å². The Morgan fingerprint density at radius 3 is 2.68 bits per heavy atom. The zero-order valence-corrected chi connectivity index (χ0v) is 12.1. The van der Waals surface area contributed by atoms with Gasteiger partial charge in [-0.15, -0.1) is 0 Å². The summed E-state index contributed by atoms with van der Waals surface area (Å²) in [5.74, 6) is 0.657. The Hall–Kier alpha value is -2.48. The van der Waals surface area contributed by atoms with E-state index < -0.39 is 18.4 Å². The van der Waals surface area contributed by atoms with Crippen LogP contribution in [0.4, 0.5) is 9.59 Å². The van der Waals surface area contributed by atoms with Crippen LogP contribution in [-0.2, 0) is 0 Å². The first-order valence-electron chi connectivity index (χ1n) is 7.04. The molecular weight excluding hydrogens is 288 g/mol. The van der Waals surface area contributed by atoms with Gasteiger partial charge in [-0.1, -0.05) is 17.7 Å². The Morgan fingerprint density at radius 2 is 1.95 bits per heavy atom. The largest absolute Gasteiger partial charge is 0.491 e. The van der Waals surface area contributed by atoms with Crippen LogP contribution in [0.2, 0.25) is 0 Å². The molecule has 0 saturated carbocycles. The quantitative estimate of drug-likeness (QED) is 0.601. The molecule has 2 saturated heterocycles. The summed E-state index contributed by atoms with van der Waals surface area (Å²) in [7, 11) is 0. The van der Waals surface area contributed by atoms with Gasteiger partial charge in [0.1, 0.15) is 30.8 Å². The van der Waals surface area contributed by atoms with Crippen molar-refractivity contribution in [2.24, 2.45) is 0 Å². The van der Waals surface area contributed by atoms with E-state index in [1.807, 2.05) is 31.2 Å². The molecule has 2 aliphatic rings. The number of fused-ring (bicyclic) bond motifs is 1. The molecule has 0 radical (unpaired) electrons. The monoisotopic (exact) mass is 306 g/mol. The van der Waals surface area contributed by atoms with Crippen LogP contribution >= 0.6 is 0 Å². The summed E-state index contributed by atoms with van der Waals surface area (Å²) in [5.41, 5.74) is 1.12. The van der Waals surface area contributed by atoms with Crippen LogP contribution in [0.25, 0.3) is 0 Å². The lowest BCUT2D eigenvalue weighted by molar-refractivity contribution is 0.0709. The zero-order valence-electron chi connectivity index (χ0n) is 12.1. The SMILES string of the molecule is Cc1ccc(OC[C@H](O)CN2C(=O)N[C@@H]3NC(=O)N[C@@H]32)cc1. The Labute approximate surface area is 127 Å². The fourth-order valence-corrected chi connectivity index (χ4v) is 2.50. The average molecular weight is 306 g/mol. The summed E-state index contributed by atoms with van der Waals surface area (Å²) in [6.45, 7) is 2.11. The summed E-state index contributed by atoms with van der Waals surface area (Å²) < 4.78 is 5.49. The first kappa shape index (κ1) is 14.5. The number of aryl methyl sites for hydroxylation is 1. The highest BCUT2D eigenvalue weighted by molar-refractivity contribution is 5.84. The number of carbonyl (C=O) groups is 2. The van der Waals surface area contributed by atoms with Gasteiger partial charge in [0.05, 0.1) is 6.54 Å². The number of carbonyl (C=O) groups excluding carboxylic acids is 2. The van der Waals surface area contributed by atoms with Crippen LogP contribution in [0.1, 0.15) is 5.56 Å². The standard InChI is InChI=1S/C14H18N4O4/c1-8-2-4-10(5-3-8)22-7-9(19)6-18-12-11(16-14(18)21)15-13(20)17-12/h2-5,9,11-12,19H,6-7H2,1H3,(H,16,21)(H2,15,17,20)/t9-,11+,12-/m1/s1. The molecule has 8 nitrogen and oxygen atoms in total. The molecule has 3 atom stereocenters. The lowest BCUT2D eigenvalue weighted by atomic mass is 10.2. The molecule has 0 aromatic heterocycles. The molecule has 8 heteroatoms. The van der Waals surface area contributed by atoms with Crippen molar-refractivity contribution in [2.45, 2.75) is 25.4 Å². The van der Waals surface area contributed by atoms with E-state index >= 15 is 0 Å². The Kier molecular flexibility index (Phi) is 3.76. The van der Waals surface area contributed by atoms with Crippen molar-refractivity contribution in [1.82, 2.24) is 20.9 Å². The van der Waals surface area contributed by atoms with Crippen molar-refractivity contribution in [3.63, 3.8) is 0 Å². The molecular formula is C14H18N4O4. The normalized spacial score (nSPS) is 24.4. The van der Waals surface area contributed by atoms with Gasteiger partial charge in [-0.2, -0.15) is 0 Å². The van der Waals surface area contributed by atoms with Crippen LogP contribution in [0.3, 0.4) is 0 Å². The molecule has 0 aliphatic carbocycles. The number of nitrogens with zero attached hydrogens (tertiary/aromatic N) is 1. The van der Waals surface area contributed by atoms with Crippen LogP contribution < -0.4 is 20.7 Å². The summed E-state index contributed by atoms with van der Waals surface area (Å²) >= 11 is 0. The number of aliphatic hydroxyl groups excluding tert-OH is 1. The first-order valence-corrected chi connectivity index (χ1v) is 7.04. The molecule has 2 aliphatic heterocycles. The molecule has 4 N–H and O–H groups in total. The van der Waals surface area contributed by atoms with Gasteiger partial charge in [0.25, 0.3) is 0 Å². The lowest BCUT2D eigenvalue weighted by Gasteiger charge is -2.24. The summed E-state index contributed by atoms with van der Waals surface area (Å²) in [6.07, 6.45) is -1.82. The fourth-order valence-electron chi connectivity index (χ4n) is 2.50. The third kappa shape index (κ3) is 2.91. The van der Waals surface area contributed by atoms with Gasteiger partial charge in [-0.05, 0) is 19.1 Å². The second-order valence-electron chi connectivity index (χ2n) is 5.42. The van der Waals surface area contributed by atoms with E-state index in [1.54, 1.807) is 0 Å². The molecule has 0 bridgehead atoms. The Balaban J connectivity index is 1.53. The number of urea groups is 2. The molecule has 22 heavy (non-hydrogen) atoms. The van der Waals surface area contributed by atoms with E-state index in [9.17, 15) is 14.7 Å². The predicted octanol–water partition coefficient (Wildman–Crippen LogP) is -0.275.